The highest BCUT2D eigenvalue weighted by molar-refractivity contribution is 7.89. The zero-order chi connectivity index (χ0) is 20.0. The first-order valence-electron chi connectivity index (χ1n) is 9.36. The first kappa shape index (κ1) is 20.0. The molecule has 1 aliphatic heterocycles. The van der Waals surface area contributed by atoms with Crippen molar-refractivity contribution < 1.29 is 13.5 Å². The molecular weight excluding hydrogens is 370 g/mol. The van der Waals surface area contributed by atoms with Gasteiger partial charge < -0.3 is 5.11 Å². The van der Waals surface area contributed by atoms with E-state index in [0.717, 1.165) is 18.4 Å². The number of rotatable bonds is 2. The van der Waals surface area contributed by atoms with E-state index in [1.165, 1.54) is 4.31 Å². The molecule has 1 heterocycles. The molecule has 144 valence electrons. The summed E-state index contributed by atoms with van der Waals surface area (Å²) in [7, 11) is -3.72. The SMILES string of the molecule is Cc1ccc(S(=O)(=O)N2C#Cc3ccccc3C#CC(O)CCCCC2)cc1. The van der Waals surface area contributed by atoms with E-state index in [4.69, 9.17) is 0 Å². The molecule has 1 unspecified atom stereocenters. The molecule has 1 N–H and O–H groups in total. The average Bonchev–Trinajstić information content (AvgIpc) is 2.70. The minimum atomic E-state index is -3.72. The number of hydrogen-bond acceptors (Lipinski definition) is 3. The van der Waals surface area contributed by atoms with Gasteiger partial charge in [-0.3, -0.25) is 0 Å². The van der Waals surface area contributed by atoms with Crippen LogP contribution in [0.25, 0.3) is 0 Å². The van der Waals surface area contributed by atoms with Gasteiger partial charge in [0.25, 0.3) is 10.0 Å². The minimum Gasteiger partial charge on any atom is -0.380 e. The fraction of sp³-hybridized carbons (Fsp3) is 0.304. The van der Waals surface area contributed by atoms with Crippen molar-refractivity contribution in [1.82, 2.24) is 4.31 Å². The molecule has 5 heteroatoms. The van der Waals surface area contributed by atoms with Crippen LogP contribution >= 0.6 is 0 Å². The minimum absolute atomic E-state index is 0.236. The van der Waals surface area contributed by atoms with Crippen LogP contribution in [0, 0.1) is 30.7 Å². The molecule has 0 aliphatic carbocycles. The van der Waals surface area contributed by atoms with Gasteiger partial charge in [-0.25, -0.2) is 12.7 Å². The van der Waals surface area contributed by atoms with Crippen LogP contribution in [0.4, 0.5) is 0 Å². The lowest BCUT2D eigenvalue weighted by molar-refractivity contribution is 0.217. The molecule has 3 rings (SSSR count). The average molecular weight is 394 g/mol. The first-order valence-corrected chi connectivity index (χ1v) is 10.8. The maximum absolute atomic E-state index is 13.1. The Labute approximate surface area is 167 Å². The highest BCUT2D eigenvalue weighted by Gasteiger charge is 2.21. The van der Waals surface area contributed by atoms with E-state index in [0.29, 0.717) is 30.5 Å². The predicted molar refractivity (Wildman–Crippen MR) is 110 cm³/mol. The highest BCUT2D eigenvalue weighted by Crippen LogP contribution is 2.18. The van der Waals surface area contributed by atoms with Crippen molar-refractivity contribution in [2.75, 3.05) is 6.54 Å². The molecule has 0 fully saturated rings. The fourth-order valence-electron chi connectivity index (χ4n) is 2.90. The lowest BCUT2D eigenvalue weighted by atomic mass is 10.1. The Morgan fingerprint density at radius 3 is 2.36 bits per heavy atom. The Morgan fingerprint density at radius 2 is 1.64 bits per heavy atom. The summed E-state index contributed by atoms with van der Waals surface area (Å²) in [4.78, 5) is 0.236. The third kappa shape index (κ3) is 4.95. The molecule has 0 radical (unpaired) electrons. The van der Waals surface area contributed by atoms with Crippen LogP contribution in [0.5, 0.6) is 0 Å². The predicted octanol–water partition coefficient (Wildman–Crippen LogP) is 3.28. The lowest BCUT2D eigenvalue weighted by Crippen LogP contribution is -2.27. The van der Waals surface area contributed by atoms with Crippen molar-refractivity contribution in [2.45, 2.75) is 43.6 Å². The number of benzene rings is 2. The van der Waals surface area contributed by atoms with Gasteiger partial charge in [-0.05, 0) is 56.4 Å². The zero-order valence-electron chi connectivity index (χ0n) is 15.9. The number of sulfonamides is 1. The van der Waals surface area contributed by atoms with Crippen molar-refractivity contribution >= 4 is 10.0 Å². The third-order valence-electron chi connectivity index (χ3n) is 4.56. The standard InChI is InChI=1S/C23H23NO3S/c1-19-10-14-23(15-11-19)28(26,27)24-17-6-2-3-9-22(25)13-12-20-7-4-5-8-21(20)16-18-24/h4-5,7-8,10-11,14-15,22,25H,2-3,6,9,17H2,1H3. The molecule has 0 amide bonds. The topological polar surface area (TPSA) is 57.6 Å². The summed E-state index contributed by atoms with van der Waals surface area (Å²) in [5.41, 5.74) is 2.33. The monoisotopic (exact) mass is 393 g/mol. The van der Waals surface area contributed by atoms with E-state index < -0.39 is 16.1 Å². The fourth-order valence-corrected chi connectivity index (χ4v) is 4.17. The van der Waals surface area contributed by atoms with Gasteiger partial charge in [0.1, 0.15) is 6.10 Å². The zero-order valence-corrected chi connectivity index (χ0v) is 16.7. The summed E-state index contributed by atoms with van der Waals surface area (Å²) >= 11 is 0. The maximum Gasteiger partial charge on any atom is 0.270 e. The molecule has 0 spiro atoms. The Balaban J connectivity index is 2.02. The van der Waals surface area contributed by atoms with E-state index in [2.05, 4.69) is 23.8 Å². The van der Waals surface area contributed by atoms with Crippen LogP contribution in [0.3, 0.4) is 0 Å². The largest absolute Gasteiger partial charge is 0.380 e. The molecule has 0 saturated heterocycles. The summed E-state index contributed by atoms with van der Waals surface area (Å²) in [6.07, 6.45) is 2.13. The van der Waals surface area contributed by atoms with Gasteiger partial charge in [0.05, 0.1) is 4.90 Å². The Hall–Kier alpha value is -2.73. The van der Waals surface area contributed by atoms with Gasteiger partial charge in [0.15, 0.2) is 0 Å². The van der Waals surface area contributed by atoms with Crippen molar-refractivity contribution in [3.05, 3.63) is 65.2 Å². The van der Waals surface area contributed by atoms with E-state index in [9.17, 15) is 13.5 Å². The molecule has 1 atom stereocenters. The molecule has 1 aliphatic rings. The summed E-state index contributed by atoms with van der Waals surface area (Å²) < 4.78 is 27.4. The number of fused-ring (bicyclic) bond motifs is 1. The number of nitrogens with zero attached hydrogens (tertiary/aromatic N) is 1. The summed E-state index contributed by atoms with van der Waals surface area (Å²) in [5, 5.41) is 10.0. The van der Waals surface area contributed by atoms with E-state index in [1.54, 1.807) is 30.3 Å². The molecule has 4 nitrogen and oxygen atoms in total. The summed E-state index contributed by atoms with van der Waals surface area (Å²) in [6, 6.07) is 17.0. The third-order valence-corrected chi connectivity index (χ3v) is 6.29. The molecule has 2 aromatic rings. The van der Waals surface area contributed by atoms with Crippen LogP contribution in [0.1, 0.15) is 42.4 Å². The van der Waals surface area contributed by atoms with Crippen LogP contribution in [-0.4, -0.2) is 30.5 Å². The van der Waals surface area contributed by atoms with Crippen molar-refractivity contribution in [1.29, 1.82) is 0 Å². The Kier molecular flexibility index (Phi) is 6.41. The first-order chi connectivity index (χ1) is 13.5. The summed E-state index contributed by atoms with van der Waals surface area (Å²) in [5.74, 6) is 8.79. The number of aryl methyl sites for hydroxylation is 1. The molecule has 0 saturated carbocycles. The van der Waals surface area contributed by atoms with Gasteiger partial charge >= 0.3 is 0 Å². The lowest BCUT2D eigenvalue weighted by Gasteiger charge is -2.18. The molecule has 0 aromatic heterocycles. The number of aliphatic hydroxyl groups excluding tert-OH is 1. The molecule has 28 heavy (non-hydrogen) atoms. The smallest absolute Gasteiger partial charge is 0.270 e. The summed E-state index contributed by atoms with van der Waals surface area (Å²) in [6.45, 7) is 2.23. The Bertz CT molecular complexity index is 1050. The van der Waals surface area contributed by atoms with Crippen molar-refractivity contribution in [3.8, 4) is 23.8 Å². The van der Waals surface area contributed by atoms with Gasteiger partial charge in [0, 0.05) is 23.7 Å². The van der Waals surface area contributed by atoms with Gasteiger partial charge in [-0.1, -0.05) is 48.1 Å². The van der Waals surface area contributed by atoms with Crippen LogP contribution in [0.15, 0.2) is 53.4 Å². The molecular formula is C23H23NO3S. The second-order valence-electron chi connectivity index (χ2n) is 6.81. The van der Waals surface area contributed by atoms with Gasteiger partial charge in [-0.2, -0.15) is 0 Å². The van der Waals surface area contributed by atoms with Crippen LogP contribution in [0.2, 0.25) is 0 Å². The quantitative estimate of drug-likeness (QED) is 0.797. The Morgan fingerprint density at radius 1 is 0.964 bits per heavy atom. The normalized spacial score (nSPS) is 17.5. The number of aliphatic hydroxyl groups is 1. The maximum atomic E-state index is 13.1. The van der Waals surface area contributed by atoms with Gasteiger partial charge in [-0.15, -0.1) is 0 Å². The molecule has 0 bridgehead atoms. The van der Waals surface area contributed by atoms with Crippen LogP contribution in [-0.2, 0) is 10.0 Å². The van der Waals surface area contributed by atoms with Crippen molar-refractivity contribution in [3.63, 3.8) is 0 Å². The van der Waals surface area contributed by atoms with E-state index in [1.807, 2.05) is 25.1 Å². The van der Waals surface area contributed by atoms with E-state index in [-0.39, 0.29) is 4.90 Å². The second-order valence-corrected chi connectivity index (χ2v) is 8.67. The number of hydrogen-bond donors (Lipinski definition) is 1. The molecule has 2 aromatic carbocycles. The van der Waals surface area contributed by atoms with Gasteiger partial charge in [0.2, 0.25) is 0 Å². The van der Waals surface area contributed by atoms with Crippen LogP contribution < -0.4 is 0 Å². The van der Waals surface area contributed by atoms with E-state index >= 15 is 0 Å². The second kappa shape index (κ2) is 8.97. The van der Waals surface area contributed by atoms with Crippen molar-refractivity contribution in [2.24, 2.45) is 0 Å². The highest BCUT2D eigenvalue weighted by atomic mass is 32.2.